The molecule has 2 unspecified atom stereocenters. The SMILES string of the molecule is CC(c1ccc(Cl)cc1Cl)N1CCCC(NC2CC2)C1=O. The van der Waals surface area contributed by atoms with Crippen molar-refractivity contribution in [3.05, 3.63) is 33.8 Å². The molecule has 2 fully saturated rings. The predicted octanol–water partition coefficient (Wildman–Crippen LogP) is 3.80. The average molecular weight is 327 g/mol. The molecule has 2 aliphatic rings. The number of hydrogen-bond acceptors (Lipinski definition) is 2. The zero-order valence-electron chi connectivity index (χ0n) is 12.1. The van der Waals surface area contributed by atoms with Gasteiger partial charge in [-0.2, -0.15) is 0 Å². The van der Waals surface area contributed by atoms with Crippen molar-refractivity contribution in [2.75, 3.05) is 6.54 Å². The molecule has 1 heterocycles. The Morgan fingerprint density at radius 2 is 2.05 bits per heavy atom. The third kappa shape index (κ3) is 3.36. The van der Waals surface area contributed by atoms with Crippen LogP contribution in [-0.2, 0) is 4.79 Å². The van der Waals surface area contributed by atoms with Crippen LogP contribution in [0.4, 0.5) is 0 Å². The Morgan fingerprint density at radius 1 is 1.29 bits per heavy atom. The van der Waals surface area contributed by atoms with Crippen LogP contribution >= 0.6 is 23.2 Å². The van der Waals surface area contributed by atoms with E-state index in [2.05, 4.69) is 5.32 Å². The number of rotatable bonds is 4. The van der Waals surface area contributed by atoms with Gasteiger partial charge in [-0.25, -0.2) is 0 Å². The minimum absolute atomic E-state index is 0.0222. The lowest BCUT2D eigenvalue weighted by Crippen LogP contribution is -2.51. The molecule has 1 aromatic carbocycles. The fraction of sp³-hybridized carbons (Fsp3) is 0.562. The van der Waals surface area contributed by atoms with Gasteiger partial charge in [0.15, 0.2) is 0 Å². The van der Waals surface area contributed by atoms with Gasteiger partial charge >= 0.3 is 0 Å². The molecule has 1 N–H and O–H groups in total. The summed E-state index contributed by atoms with van der Waals surface area (Å²) in [5.41, 5.74) is 0.960. The largest absolute Gasteiger partial charge is 0.335 e. The monoisotopic (exact) mass is 326 g/mol. The second-order valence-corrected chi connectivity index (χ2v) is 6.85. The third-order valence-electron chi connectivity index (χ3n) is 4.37. The molecule has 1 aliphatic heterocycles. The minimum atomic E-state index is -0.0280. The molecule has 0 bridgehead atoms. The van der Waals surface area contributed by atoms with Crippen molar-refractivity contribution < 1.29 is 4.79 Å². The normalized spacial score (nSPS) is 24.2. The summed E-state index contributed by atoms with van der Waals surface area (Å²) in [5.74, 6) is 0.201. The van der Waals surface area contributed by atoms with E-state index in [4.69, 9.17) is 23.2 Å². The van der Waals surface area contributed by atoms with Gasteiger partial charge in [-0.15, -0.1) is 0 Å². The number of nitrogens with zero attached hydrogens (tertiary/aromatic N) is 1. The molecular weight excluding hydrogens is 307 g/mol. The Bertz CT molecular complexity index is 545. The van der Waals surface area contributed by atoms with E-state index in [1.807, 2.05) is 24.0 Å². The molecule has 114 valence electrons. The molecule has 3 rings (SSSR count). The van der Waals surface area contributed by atoms with E-state index >= 15 is 0 Å². The van der Waals surface area contributed by atoms with Crippen molar-refractivity contribution in [2.24, 2.45) is 0 Å². The van der Waals surface area contributed by atoms with Gasteiger partial charge in [-0.05, 0) is 50.3 Å². The van der Waals surface area contributed by atoms with Crippen LogP contribution in [0.25, 0.3) is 0 Å². The van der Waals surface area contributed by atoms with E-state index in [1.165, 1.54) is 12.8 Å². The molecule has 21 heavy (non-hydrogen) atoms. The number of piperidine rings is 1. The van der Waals surface area contributed by atoms with Crippen molar-refractivity contribution in [1.82, 2.24) is 10.2 Å². The average Bonchev–Trinajstić information content (AvgIpc) is 3.24. The fourth-order valence-corrected chi connectivity index (χ4v) is 3.55. The predicted molar refractivity (Wildman–Crippen MR) is 85.8 cm³/mol. The fourth-order valence-electron chi connectivity index (χ4n) is 2.98. The van der Waals surface area contributed by atoms with Crippen LogP contribution in [0.2, 0.25) is 10.0 Å². The zero-order chi connectivity index (χ0) is 15.0. The summed E-state index contributed by atoms with van der Waals surface area (Å²) in [6.45, 7) is 2.83. The minimum Gasteiger partial charge on any atom is -0.335 e. The molecule has 0 radical (unpaired) electrons. The van der Waals surface area contributed by atoms with Gasteiger partial charge in [-0.1, -0.05) is 29.3 Å². The summed E-state index contributed by atoms with van der Waals surface area (Å²) < 4.78 is 0. The summed E-state index contributed by atoms with van der Waals surface area (Å²) in [6, 6.07) is 5.98. The molecule has 1 aliphatic carbocycles. The number of likely N-dealkylation sites (tertiary alicyclic amines) is 1. The van der Waals surface area contributed by atoms with Gasteiger partial charge in [0.2, 0.25) is 5.91 Å². The molecule has 0 aromatic heterocycles. The van der Waals surface area contributed by atoms with Gasteiger partial charge in [0.05, 0.1) is 12.1 Å². The second-order valence-electron chi connectivity index (χ2n) is 6.01. The maximum Gasteiger partial charge on any atom is 0.240 e. The number of halogens is 2. The quantitative estimate of drug-likeness (QED) is 0.912. The molecule has 3 nitrogen and oxygen atoms in total. The first-order valence-corrected chi connectivity index (χ1v) is 8.33. The maximum atomic E-state index is 12.7. The van der Waals surface area contributed by atoms with Crippen molar-refractivity contribution in [1.29, 1.82) is 0 Å². The van der Waals surface area contributed by atoms with Gasteiger partial charge in [0.1, 0.15) is 0 Å². The number of nitrogens with one attached hydrogen (secondary N) is 1. The molecule has 1 amide bonds. The molecular formula is C16H20Cl2N2O. The highest BCUT2D eigenvalue weighted by molar-refractivity contribution is 6.35. The third-order valence-corrected chi connectivity index (χ3v) is 4.93. The Labute approximate surface area is 135 Å². The second kappa shape index (κ2) is 6.15. The highest BCUT2D eigenvalue weighted by Crippen LogP contribution is 2.32. The van der Waals surface area contributed by atoms with Crippen LogP contribution in [0.15, 0.2) is 18.2 Å². The lowest BCUT2D eigenvalue weighted by atomic mass is 9.99. The van der Waals surface area contributed by atoms with Crippen LogP contribution in [0, 0.1) is 0 Å². The molecule has 0 spiro atoms. The van der Waals surface area contributed by atoms with Gasteiger partial charge < -0.3 is 10.2 Å². The lowest BCUT2D eigenvalue weighted by Gasteiger charge is -2.37. The van der Waals surface area contributed by atoms with Gasteiger partial charge in [-0.3, -0.25) is 4.79 Å². The number of carbonyl (C=O) groups is 1. The van der Waals surface area contributed by atoms with Crippen LogP contribution in [0.1, 0.15) is 44.2 Å². The highest BCUT2D eigenvalue weighted by Gasteiger charge is 2.35. The summed E-state index contributed by atoms with van der Waals surface area (Å²) in [6.07, 6.45) is 4.36. The van der Waals surface area contributed by atoms with E-state index < -0.39 is 0 Å². The Kier molecular flexibility index (Phi) is 4.43. The number of hydrogen-bond donors (Lipinski definition) is 1. The van der Waals surface area contributed by atoms with Crippen LogP contribution in [0.3, 0.4) is 0 Å². The Morgan fingerprint density at radius 3 is 2.71 bits per heavy atom. The Hall–Kier alpha value is -0.770. The van der Waals surface area contributed by atoms with E-state index in [-0.39, 0.29) is 18.0 Å². The molecule has 1 aromatic rings. The van der Waals surface area contributed by atoms with Gasteiger partial charge in [0.25, 0.3) is 0 Å². The number of benzene rings is 1. The smallest absolute Gasteiger partial charge is 0.240 e. The lowest BCUT2D eigenvalue weighted by molar-refractivity contribution is -0.138. The maximum absolute atomic E-state index is 12.7. The number of carbonyl (C=O) groups excluding carboxylic acids is 1. The summed E-state index contributed by atoms with van der Waals surface area (Å²) in [5, 5.41) is 4.70. The van der Waals surface area contributed by atoms with Crippen molar-refractivity contribution in [3.8, 4) is 0 Å². The van der Waals surface area contributed by atoms with Crippen LogP contribution < -0.4 is 5.32 Å². The summed E-state index contributed by atoms with van der Waals surface area (Å²) in [4.78, 5) is 14.6. The van der Waals surface area contributed by atoms with E-state index in [0.717, 1.165) is 24.9 Å². The first-order valence-electron chi connectivity index (χ1n) is 7.57. The summed E-state index contributed by atoms with van der Waals surface area (Å²) >= 11 is 12.2. The van der Waals surface area contributed by atoms with Crippen molar-refractivity contribution in [2.45, 2.75) is 50.7 Å². The first-order chi connectivity index (χ1) is 10.1. The van der Waals surface area contributed by atoms with Crippen molar-refractivity contribution in [3.63, 3.8) is 0 Å². The van der Waals surface area contributed by atoms with Crippen LogP contribution in [0.5, 0.6) is 0 Å². The molecule has 5 heteroatoms. The first kappa shape index (κ1) is 15.1. The van der Waals surface area contributed by atoms with E-state index in [1.54, 1.807) is 6.07 Å². The molecule has 2 atom stereocenters. The van der Waals surface area contributed by atoms with Gasteiger partial charge in [0, 0.05) is 22.6 Å². The van der Waals surface area contributed by atoms with Crippen LogP contribution in [-0.4, -0.2) is 29.4 Å². The van der Waals surface area contributed by atoms with Crippen molar-refractivity contribution >= 4 is 29.1 Å². The topological polar surface area (TPSA) is 32.3 Å². The Balaban J connectivity index is 1.75. The number of amides is 1. The van der Waals surface area contributed by atoms with E-state index in [0.29, 0.717) is 16.1 Å². The van der Waals surface area contributed by atoms with E-state index in [9.17, 15) is 4.79 Å². The summed E-state index contributed by atoms with van der Waals surface area (Å²) in [7, 11) is 0. The molecule has 1 saturated carbocycles. The zero-order valence-corrected chi connectivity index (χ0v) is 13.6. The standard InChI is InChI=1S/C16H20Cl2N2O/c1-10(13-7-4-11(17)9-14(13)18)20-8-2-3-15(16(20)21)19-12-5-6-12/h4,7,9-10,12,15,19H,2-3,5-6,8H2,1H3. The highest BCUT2D eigenvalue weighted by atomic mass is 35.5. The molecule has 1 saturated heterocycles.